The topological polar surface area (TPSA) is 58.7 Å². The smallest absolute Gasteiger partial charge is 0.153 e. The average Bonchev–Trinajstić information content (AvgIpc) is 2.59. The van der Waals surface area contributed by atoms with Crippen LogP contribution < -0.4 is 0 Å². The number of carbonyl (C=O) groups is 1. The Morgan fingerprint density at radius 3 is 2.78 bits per heavy atom. The summed E-state index contributed by atoms with van der Waals surface area (Å²) in [5.74, 6) is 0.0852. The number of nitriles is 1. The van der Waals surface area contributed by atoms with Crippen molar-refractivity contribution in [2.75, 3.05) is 0 Å². The van der Waals surface area contributed by atoms with Gasteiger partial charge in [0.1, 0.15) is 5.41 Å². The molecule has 0 radical (unpaired) electrons. The third-order valence-corrected chi connectivity index (χ3v) is 4.77. The van der Waals surface area contributed by atoms with Crippen molar-refractivity contribution < 1.29 is 4.79 Å². The van der Waals surface area contributed by atoms with Crippen LogP contribution in [0.3, 0.4) is 0 Å². The van der Waals surface area contributed by atoms with Crippen LogP contribution in [0, 0.1) is 23.7 Å². The SMILES string of the molecule is Cc1nn(C)c(CC2(C#N)CCCCC2=O)c1Br. The molecule has 0 aromatic carbocycles. The highest BCUT2D eigenvalue weighted by Crippen LogP contribution is 2.37. The molecule has 96 valence electrons. The van der Waals surface area contributed by atoms with Gasteiger partial charge < -0.3 is 0 Å². The van der Waals surface area contributed by atoms with E-state index in [1.54, 1.807) is 4.68 Å². The van der Waals surface area contributed by atoms with Crippen LogP contribution in [0.25, 0.3) is 0 Å². The quantitative estimate of drug-likeness (QED) is 0.844. The second-order valence-electron chi connectivity index (χ2n) is 4.97. The highest BCUT2D eigenvalue weighted by molar-refractivity contribution is 9.10. The number of ketones is 1. The number of halogens is 1. The van der Waals surface area contributed by atoms with E-state index in [2.05, 4.69) is 27.1 Å². The number of hydrogen-bond acceptors (Lipinski definition) is 3. The minimum atomic E-state index is -0.846. The number of aryl methyl sites for hydroxylation is 2. The second kappa shape index (κ2) is 4.85. The van der Waals surface area contributed by atoms with E-state index in [-0.39, 0.29) is 5.78 Å². The molecule has 0 saturated heterocycles. The van der Waals surface area contributed by atoms with E-state index in [1.165, 1.54) is 0 Å². The Morgan fingerprint density at radius 1 is 1.56 bits per heavy atom. The summed E-state index contributed by atoms with van der Waals surface area (Å²) < 4.78 is 2.68. The van der Waals surface area contributed by atoms with Gasteiger partial charge in [-0.25, -0.2) is 0 Å². The minimum Gasteiger partial charge on any atom is -0.298 e. The molecule has 0 aliphatic heterocycles. The molecule has 1 saturated carbocycles. The van der Waals surface area contributed by atoms with Gasteiger partial charge in [0.2, 0.25) is 0 Å². The summed E-state index contributed by atoms with van der Waals surface area (Å²) in [6.07, 6.45) is 3.52. The lowest BCUT2D eigenvalue weighted by molar-refractivity contribution is -0.128. The predicted molar refractivity (Wildman–Crippen MR) is 70.9 cm³/mol. The highest BCUT2D eigenvalue weighted by atomic mass is 79.9. The number of carbonyl (C=O) groups excluding carboxylic acids is 1. The van der Waals surface area contributed by atoms with Crippen LogP contribution in [0.15, 0.2) is 4.47 Å². The van der Waals surface area contributed by atoms with E-state index in [0.29, 0.717) is 19.3 Å². The standard InChI is InChI=1S/C13H16BrN3O/c1-9-12(14)10(17(2)16-9)7-13(8-15)6-4-3-5-11(13)18/h3-7H2,1-2H3. The van der Waals surface area contributed by atoms with Gasteiger partial charge in [-0.3, -0.25) is 9.48 Å². The van der Waals surface area contributed by atoms with Gasteiger partial charge in [-0.05, 0) is 35.7 Å². The van der Waals surface area contributed by atoms with E-state index in [0.717, 1.165) is 28.7 Å². The van der Waals surface area contributed by atoms with Crippen molar-refractivity contribution in [2.45, 2.75) is 39.0 Å². The number of Topliss-reactive ketones (excluding diaryl/α,β-unsaturated/α-hetero) is 1. The maximum absolute atomic E-state index is 12.1. The molecular formula is C13H16BrN3O. The van der Waals surface area contributed by atoms with Gasteiger partial charge >= 0.3 is 0 Å². The van der Waals surface area contributed by atoms with E-state index >= 15 is 0 Å². The number of hydrogen-bond donors (Lipinski definition) is 0. The summed E-state index contributed by atoms with van der Waals surface area (Å²) in [4.78, 5) is 12.1. The molecule has 0 N–H and O–H groups in total. The maximum Gasteiger partial charge on any atom is 0.153 e. The Labute approximate surface area is 115 Å². The molecule has 1 unspecified atom stereocenters. The fourth-order valence-electron chi connectivity index (χ4n) is 2.59. The monoisotopic (exact) mass is 309 g/mol. The minimum absolute atomic E-state index is 0.0852. The van der Waals surface area contributed by atoms with Gasteiger partial charge in [0, 0.05) is 19.9 Å². The van der Waals surface area contributed by atoms with Gasteiger partial charge in [0.05, 0.1) is 21.9 Å². The zero-order chi connectivity index (χ0) is 13.3. The summed E-state index contributed by atoms with van der Waals surface area (Å²) >= 11 is 3.50. The van der Waals surface area contributed by atoms with Gasteiger partial charge in [0.25, 0.3) is 0 Å². The zero-order valence-electron chi connectivity index (χ0n) is 10.7. The molecule has 1 aliphatic rings. The molecule has 1 atom stereocenters. The van der Waals surface area contributed by atoms with E-state index < -0.39 is 5.41 Å². The van der Waals surface area contributed by atoms with E-state index in [9.17, 15) is 10.1 Å². The molecule has 1 aromatic heterocycles. The van der Waals surface area contributed by atoms with Crippen LogP contribution in [0.2, 0.25) is 0 Å². The summed E-state index contributed by atoms with van der Waals surface area (Å²) in [5.41, 5.74) is 0.981. The lowest BCUT2D eigenvalue weighted by Crippen LogP contribution is -2.35. The van der Waals surface area contributed by atoms with E-state index in [4.69, 9.17) is 0 Å². The van der Waals surface area contributed by atoms with Crippen molar-refractivity contribution >= 4 is 21.7 Å². The average molecular weight is 310 g/mol. The molecule has 1 fully saturated rings. The lowest BCUT2D eigenvalue weighted by Gasteiger charge is -2.29. The molecule has 1 aromatic rings. The second-order valence-corrected chi connectivity index (χ2v) is 5.76. The fourth-order valence-corrected chi connectivity index (χ4v) is 3.07. The first kappa shape index (κ1) is 13.3. The van der Waals surface area contributed by atoms with Crippen molar-refractivity contribution in [3.8, 4) is 6.07 Å². The first-order chi connectivity index (χ1) is 8.50. The van der Waals surface area contributed by atoms with Crippen molar-refractivity contribution in [3.05, 3.63) is 15.9 Å². The third-order valence-electron chi connectivity index (χ3n) is 3.74. The molecule has 0 spiro atoms. The largest absolute Gasteiger partial charge is 0.298 e. The Kier molecular flexibility index (Phi) is 3.58. The van der Waals surface area contributed by atoms with Crippen LogP contribution >= 0.6 is 15.9 Å². The van der Waals surface area contributed by atoms with Crippen molar-refractivity contribution in [1.29, 1.82) is 5.26 Å². The van der Waals surface area contributed by atoms with Gasteiger partial charge in [0.15, 0.2) is 5.78 Å². The Hall–Kier alpha value is -1.15. The summed E-state index contributed by atoms with van der Waals surface area (Å²) in [6.45, 7) is 1.91. The van der Waals surface area contributed by atoms with Crippen LogP contribution in [-0.2, 0) is 18.3 Å². The summed E-state index contributed by atoms with van der Waals surface area (Å²) in [6, 6.07) is 2.27. The number of aromatic nitrogens is 2. The summed E-state index contributed by atoms with van der Waals surface area (Å²) in [5, 5.41) is 13.8. The number of nitrogens with zero attached hydrogens (tertiary/aromatic N) is 3. The maximum atomic E-state index is 12.1. The third kappa shape index (κ3) is 2.10. The first-order valence-electron chi connectivity index (χ1n) is 6.13. The lowest BCUT2D eigenvalue weighted by atomic mass is 9.71. The van der Waals surface area contributed by atoms with Gasteiger partial charge in [-0.1, -0.05) is 6.42 Å². The van der Waals surface area contributed by atoms with Crippen molar-refractivity contribution in [3.63, 3.8) is 0 Å². The Bertz CT molecular complexity index is 529. The van der Waals surface area contributed by atoms with E-state index in [1.807, 2.05) is 14.0 Å². The van der Waals surface area contributed by atoms with Crippen LogP contribution in [0.4, 0.5) is 0 Å². The molecule has 0 amide bonds. The molecule has 2 rings (SSSR count). The summed E-state index contributed by atoms with van der Waals surface area (Å²) in [7, 11) is 1.85. The van der Waals surface area contributed by atoms with Crippen LogP contribution in [0.1, 0.15) is 37.1 Å². The molecule has 1 aliphatic carbocycles. The molecule has 1 heterocycles. The predicted octanol–water partition coefficient (Wildman–Crippen LogP) is 2.69. The highest BCUT2D eigenvalue weighted by Gasteiger charge is 2.41. The molecule has 18 heavy (non-hydrogen) atoms. The first-order valence-corrected chi connectivity index (χ1v) is 6.92. The van der Waals surface area contributed by atoms with Gasteiger partial charge in [-0.2, -0.15) is 10.4 Å². The number of rotatable bonds is 2. The molecule has 0 bridgehead atoms. The van der Waals surface area contributed by atoms with Crippen molar-refractivity contribution in [1.82, 2.24) is 9.78 Å². The van der Waals surface area contributed by atoms with Crippen LogP contribution in [0.5, 0.6) is 0 Å². The molecule has 5 heteroatoms. The fraction of sp³-hybridized carbons (Fsp3) is 0.615. The molecular weight excluding hydrogens is 294 g/mol. The zero-order valence-corrected chi connectivity index (χ0v) is 12.2. The van der Waals surface area contributed by atoms with Crippen LogP contribution in [-0.4, -0.2) is 15.6 Å². The molecule has 4 nitrogen and oxygen atoms in total. The van der Waals surface area contributed by atoms with Crippen molar-refractivity contribution in [2.24, 2.45) is 12.5 Å². The Morgan fingerprint density at radius 2 is 2.28 bits per heavy atom. The normalized spacial score (nSPS) is 24.0. The Balaban J connectivity index is 2.36. The van der Waals surface area contributed by atoms with Gasteiger partial charge in [-0.15, -0.1) is 0 Å².